The van der Waals surface area contributed by atoms with Crippen molar-refractivity contribution < 1.29 is 9.72 Å². The summed E-state index contributed by atoms with van der Waals surface area (Å²) in [5.74, 6) is -0.375. The van der Waals surface area contributed by atoms with Crippen LogP contribution in [0.3, 0.4) is 0 Å². The molecule has 0 aliphatic heterocycles. The van der Waals surface area contributed by atoms with E-state index in [9.17, 15) is 14.9 Å². The van der Waals surface area contributed by atoms with Gasteiger partial charge in [0.1, 0.15) is 12.7 Å². The lowest BCUT2D eigenvalue weighted by atomic mass is 10.1. The summed E-state index contributed by atoms with van der Waals surface area (Å²) in [6.07, 6.45) is 3.06. The Morgan fingerprint density at radius 3 is 2.50 bits per heavy atom. The molecule has 1 atom stereocenters. The van der Waals surface area contributed by atoms with Crippen molar-refractivity contribution in [2.45, 2.75) is 13.0 Å². The summed E-state index contributed by atoms with van der Waals surface area (Å²) in [6.45, 7) is 1.86. The van der Waals surface area contributed by atoms with Crippen LogP contribution >= 0.6 is 0 Å². The highest BCUT2D eigenvalue weighted by Crippen LogP contribution is 2.25. The van der Waals surface area contributed by atoms with E-state index < -0.39 is 4.92 Å². The van der Waals surface area contributed by atoms with Crippen molar-refractivity contribution in [2.75, 3.05) is 19.0 Å². The Kier molecular flexibility index (Phi) is 5.35. The van der Waals surface area contributed by atoms with Crippen LogP contribution in [-0.2, 0) is 0 Å². The zero-order valence-corrected chi connectivity index (χ0v) is 15.7. The van der Waals surface area contributed by atoms with Gasteiger partial charge in [0.25, 0.3) is 11.6 Å². The lowest BCUT2D eigenvalue weighted by molar-refractivity contribution is -0.384. The van der Waals surface area contributed by atoms with Crippen LogP contribution in [0.2, 0.25) is 0 Å². The van der Waals surface area contributed by atoms with Gasteiger partial charge in [-0.1, -0.05) is 12.1 Å². The van der Waals surface area contributed by atoms with Crippen LogP contribution in [-0.4, -0.2) is 39.7 Å². The average Bonchev–Trinajstić information content (AvgIpc) is 3.22. The molecule has 28 heavy (non-hydrogen) atoms. The largest absolute Gasteiger partial charge is 0.377 e. The van der Waals surface area contributed by atoms with Crippen LogP contribution in [0.15, 0.2) is 55.1 Å². The number of rotatable bonds is 6. The number of carbonyl (C=O) groups is 1. The predicted molar refractivity (Wildman–Crippen MR) is 105 cm³/mol. The van der Waals surface area contributed by atoms with Gasteiger partial charge in [0, 0.05) is 31.9 Å². The highest BCUT2D eigenvalue weighted by Gasteiger charge is 2.20. The van der Waals surface area contributed by atoms with Crippen molar-refractivity contribution in [3.05, 3.63) is 76.4 Å². The molecule has 1 unspecified atom stereocenters. The number of non-ortho nitro benzene ring substituents is 1. The lowest BCUT2D eigenvalue weighted by Gasteiger charge is -2.19. The molecule has 2 aromatic carbocycles. The Bertz CT molecular complexity index is 983. The van der Waals surface area contributed by atoms with Crippen LogP contribution < -0.4 is 10.2 Å². The molecule has 1 heterocycles. The first-order valence-corrected chi connectivity index (χ1v) is 8.58. The van der Waals surface area contributed by atoms with Gasteiger partial charge in [0.15, 0.2) is 0 Å². The van der Waals surface area contributed by atoms with Crippen LogP contribution in [0.5, 0.6) is 0 Å². The summed E-state index contributed by atoms with van der Waals surface area (Å²) in [7, 11) is 3.56. The lowest BCUT2D eigenvalue weighted by Crippen LogP contribution is -2.28. The van der Waals surface area contributed by atoms with E-state index in [0.717, 1.165) is 11.3 Å². The molecule has 1 aromatic heterocycles. The van der Waals surface area contributed by atoms with E-state index in [4.69, 9.17) is 0 Å². The molecule has 0 bridgehead atoms. The number of anilines is 1. The van der Waals surface area contributed by atoms with Crippen LogP contribution in [0.4, 0.5) is 11.4 Å². The molecule has 9 heteroatoms. The van der Waals surface area contributed by atoms with E-state index in [0.29, 0.717) is 5.69 Å². The number of nitro groups is 1. The normalized spacial score (nSPS) is 11.7. The SMILES string of the molecule is CC(NC(=O)c1cc([N+](=O)[O-])ccc1N(C)C)c1ccc(-n2cncn2)cc1. The van der Waals surface area contributed by atoms with Crippen LogP contribution in [0.1, 0.15) is 28.9 Å². The van der Waals surface area contributed by atoms with Gasteiger partial charge >= 0.3 is 0 Å². The number of nitrogens with one attached hydrogen (secondary N) is 1. The summed E-state index contributed by atoms with van der Waals surface area (Å²) in [5.41, 5.74) is 2.49. The number of amides is 1. The number of benzene rings is 2. The first-order valence-electron chi connectivity index (χ1n) is 8.58. The highest BCUT2D eigenvalue weighted by atomic mass is 16.6. The van der Waals surface area contributed by atoms with E-state index in [1.807, 2.05) is 31.2 Å². The molecule has 0 spiro atoms. The zero-order chi connectivity index (χ0) is 20.3. The van der Waals surface area contributed by atoms with E-state index in [-0.39, 0.29) is 23.2 Å². The Balaban J connectivity index is 1.80. The molecule has 0 aliphatic rings. The van der Waals surface area contributed by atoms with Crippen molar-refractivity contribution in [3.8, 4) is 5.69 Å². The van der Waals surface area contributed by atoms with Crippen LogP contribution in [0.25, 0.3) is 5.69 Å². The fourth-order valence-electron chi connectivity index (χ4n) is 2.82. The molecule has 0 radical (unpaired) electrons. The minimum absolute atomic E-state index is 0.124. The van der Waals surface area contributed by atoms with Gasteiger partial charge in [-0.2, -0.15) is 5.10 Å². The van der Waals surface area contributed by atoms with Crippen molar-refractivity contribution in [1.82, 2.24) is 20.1 Å². The first kappa shape index (κ1) is 19.0. The quantitative estimate of drug-likeness (QED) is 0.521. The fourth-order valence-corrected chi connectivity index (χ4v) is 2.82. The molecule has 3 rings (SSSR count). The molecule has 0 fully saturated rings. The summed E-state index contributed by atoms with van der Waals surface area (Å²) >= 11 is 0. The summed E-state index contributed by atoms with van der Waals surface area (Å²) in [4.78, 5) is 29.0. The maximum Gasteiger partial charge on any atom is 0.270 e. The number of nitrogens with zero attached hydrogens (tertiary/aromatic N) is 5. The van der Waals surface area contributed by atoms with E-state index in [1.165, 1.54) is 18.5 Å². The number of hydrogen-bond donors (Lipinski definition) is 1. The van der Waals surface area contributed by atoms with Crippen molar-refractivity contribution >= 4 is 17.3 Å². The van der Waals surface area contributed by atoms with Gasteiger partial charge in [-0.3, -0.25) is 14.9 Å². The van der Waals surface area contributed by atoms with Gasteiger partial charge in [-0.25, -0.2) is 9.67 Å². The van der Waals surface area contributed by atoms with E-state index >= 15 is 0 Å². The second kappa shape index (κ2) is 7.87. The Morgan fingerprint density at radius 2 is 1.93 bits per heavy atom. The number of aromatic nitrogens is 3. The van der Waals surface area contributed by atoms with Gasteiger partial charge in [-0.05, 0) is 30.7 Å². The fraction of sp³-hybridized carbons (Fsp3) is 0.211. The summed E-state index contributed by atoms with van der Waals surface area (Å²) in [6, 6.07) is 11.5. The van der Waals surface area contributed by atoms with Gasteiger partial charge in [0.05, 0.1) is 22.2 Å². The minimum Gasteiger partial charge on any atom is -0.377 e. The Labute approximate surface area is 161 Å². The minimum atomic E-state index is -0.511. The molecule has 3 aromatic rings. The van der Waals surface area contributed by atoms with E-state index in [2.05, 4.69) is 15.4 Å². The number of hydrogen-bond acceptors (Lipinski definition) is 6. The molecule has 9 nitrogen and oxygen atoms in total. The summed E-state index contributed by atoms with van der Waals surface area (Å²) in [5, 5.41) is 18.1. The summed E-state index contributed by atoms with van der Waals surface area (Å²) < 4.78 is 1.64. The standard InChI is InChI=1S/C19H20N6O3/c1-13(14-4-6-15(7-5-14)24-12-20-11-21-24)22-19(26)17-10-16(25(27)28)8-9-18(17)23(2)3/h4-13H,1-3H3,(H,22,26). The van der Waals surface area contributed by atoms with Crippen molar-refractivity contribution in [3.63, 3.8) is 0 Å². The number of nitro benzene ring substituents is 1. The van der Waals surface area contributed by atoms with Gasteiger partial charge in [-0.15, -0.1) is 0 Å². The predicted octanol–water partition coefficient (Wildman–Crippen LogP) is 2.73. The van der Waals surface area contributed by atoms with Gasteiger partial charge in [0.2, 0.25) is 0 Å². The smallest absolute Gasteiger partial charge is 0.270 e. The molecule has 0 saturated carbocycles. The molecule has 0 saturated heterocycles. The second-order valence-corrected chi connectivity index (χ2v) is 6.48. The molecular formula is C19H20N6O3. The molecule has 0 aliphatic carbocycles. The third kappa shape index (κ3) is 3.98. The molecule has 1 N–H and O–H groups in total. The molecular weight excluding hydrogens is 360 g/mol. The average molecular weight is 380 g/mol. The Morgan fingerprint density at radius 1 is 1.21 bits per heavy atom. The van der Waals surface area contributed by atoms with Crippen LogP contribution in [0, 0.1) is 10.1 Å². The maximum atomic E-state index is 12.8. The van der Waals surface area contributed by atoms with Crippen molar-refractivity contribution in [1.29, 1.82) is 0 Å². The van der Waals surface area contributed by atoms with Gasteiger partial charge < -0.3 is 10.2 Å². The maximum absolute atomic E-state index is 12.8. The third-order valence-electron chi connectivity index (χ3n) is 4.34. The number of carbonyl (C=O) groups excluding carboxylic acids is 1. The monoisotopic (exact) mass is 380 g/mol. The first-order chi connectivity index (χ1) is 13.4. The zero-order valence-electron chi connectivity index (χ0n) is 15.7. The molecule has 1 amide bonds. The third-order valence-corrected chi connectivity index (χ3v) is 4.34. The van der Waals surface area contributed by atoms with E-state index in [1.54, 1.807) is 36.1 Å². The topological polar surface area (TPSA) is 106 Å². The second-order valence-electron chi connectivity index (χ2n) is 6.48. The Hall–Kier alpha value is -3.75. The highest BCUT2D eigenvalue weighted by molar-refractivity contribution is 6.00. The van der Waals surface area contributed by atoms with Crippen molar-refractivity contribution in [2.24, 2.45) is 0 Å². The molecule has 144 valence electrons.